The Kier molecular flexibility index (Phi) is 5.08. The van der Waals surface area contributed by atoms with Crippen molar-refractivity contribution in [3.8, 4) is 11.5 Å². The van der Waals surface area contributed by atoms with Gasteiger partial charge in [-0.1, -0.05) is 23.2 Å². The third-order valence-electron chi connectivity index (χ3n) is 4.67. The van der Waals surface area contributed by atoms with Crippen molar-refractivity contribution in [1.29, 1.82) is 0 Å². The molecule has 1 spiro atoms. The molecular formula is C20H17Cl2NO5. The molecule has 2 aromatic rings. The molecule has 1 N–H and O–H groups in total. The van der Waals surface area contributed by atoms with Gasteiger partial charge in [-0.05, 0) is 43.2 Å². The number of ether oxygens (including phenoxy) is 3. The number of halogens is 2. The number of fused-ring (bicyclic) bond motifs is 1. The van der Waals surface area contributed by atoms with Crippen molar-refractivity contribution in [3.63, 3.8) is 0 Å². The van der Waals surface area contributed by atoms with Gasteiger partial charge in [0.15, 0.2) is 18.1 Å². The maximum atomic E-state index is 12.1. The molecule has 0 atom stereocenters. The van der Waals surface area contributed by atoms with Crippen molar-refractivity contribution >= 4 is 40.8 Å². The van der Waals surface area contributed by atoms with Gasteiger partial charge in [-0.15, -0.1) is 0 Å². The van der Waals surface area contributed by atoms with E-state index in [1.807, 2.05) is 0 Å². The van der Waals surface area contributed by atoms with Crippen molar-refractivity contribution in [2.45, 2.75) is 31.5 Å². The van der Waals surface area contributed by atoms with Crippen molar-refractivity contribution in [2.75, 3.05) is 11.9 Å². The van der Waals surface area contributed by atoms with Crippen LogP contribution in [0, 0.1) is 0 Å². The molecule has 1 fully saturated rings. The van der Waals surface area contributed by atoms with Crippen LogP contribution in [0.25, 0.3) is 0 Å². The number of anilines is 1. The SMILES string of the molecule is O=C(COC(=O)c1ccc(Cl)cc1Cl)Nc1ccc2c(c1)OC1(CCCC1)O2. The van der Waals surface area contributed by atoms with Crippen LogP contribution in [0.15, 0.2) is 36.4 Å². The number of nitrogens with one attached hydrogen (secondary N) is 1. The summed E-state index contributed by atoms with van der Waals surface area (Å²) in [6.45, 7) is -0.448. The zero-order valence-electron chi connectivity index (χ0n) is 14.8. The summed E-state index contributed by atoms with van der Waals surface area (Å²) in [5.74, 6) is -0.467. The van der Waals surface area contributed by atoms with Gasteiger partial charge in [-0.2, -0.15) is 0 Å². The molecule has 1 heterocycles. The molecular weight excluding hydrogens is 405 g/mol. The van der Waals surface area contributed by atoms with E-state index in [4.69, 9.17) is 37.4 Å². The van der Waals surface area contributed by atoms with Gasteiger partial charge < -0.3 is 19.5 Å². The quantitative estimate of drug-likeness (QED) is 0.715. The van der Waals surface area contributed by atoms with Crippen LogP contribution in [0.1, 0.15) is 36.0 Å². The highest BCUT2D eigenvalue weighted by molar-refractivity contribution is 6.36. The molecule has 0 radical (unpaired) electrons. The zero-order valence-corrected chi connectivity index (χ0v) is 16.3. The topological polar surface area (TPSA) is 73.9 Å². The van der Waals surface area contributed by atoms with Crippen LogP contribution in [-0.4, -0.2) is 24.3 Å². The smallest absolute Gasteiger partial charge is 0.340 e. The Bertz CT molecular complexity index is 940. The molecule has 0 unspecified atom stereocenters. The fourth-order valence-electron chi connectivity index (χ4n) is 3.35. The van der Waals surface area contributed by atoms with Crippen LogP contribution in [0.2, 0.25) is 10.0 Å². The summed E-state index contributed by atoms with van der Waals surface area (Å²) in [6, 6.07) is 9.58. The molecule has 8 heteroatoms. The Hall–Kier alpha value is -2.44. The second-order valence-electron chi connectivity index (χ2n) is 6.73. The normalized spacial score (nSPS) is 16.2. The summed E-state index contributed by atoms with van der Waals surface area (Å²) in [7, 11) is 0. The Labute approximate surface area is 171 Å². The van der Waals surface area contributed by atoms with Crippen LogP contribution in [-0.2, 0) is 9.53 Å². The van der Waals surface area contributed by atoms with E-state index in [1.165, 1.54) is 18.2 Å². The summed E-state index contributed by atoms with van der Waals surface area (Å²) in [6.07, 6.45) is 3.85. The molecule has 2 aromatic carbocycles. The van der Waals surface area contributed by atoms with E-state index in [0.717, 1.165) is 25.7 Å². The first-order chi connectivity index (χ1) is 13.4. The maximum Gasteiger partial charge on any atom is 0.340 e. The lowest BCUT2D eigenvalue weighted by molar-refractivity contribution is -0.119. The minimum Gasteiger partial charge on any atom is -0.452 e. The second-order valence-corrected chi connectivity index (χ2v) is 7.58. The molecule has 2 aliphatic rings. The molecule has 1 aliphatic heterocycles. The molecule has 1 aliphatic carbocycles. The summed E-state index contributed by atoms with van der Waals surface area (Å²) in [5, 5.41) is 3.24. The average molecular weight is 422 g/mol. The van der Waals surface area contributed by atoms with Crippen LogP contribution in [0.4, 0.5) is 5.69 Å². The lowest BCUT2D eigenvalue weighted by Crippen LogP contribution is -2.34. The van der Waals surface area contributed by atoms with Gasteiger partial charge >= 0.3 is 5.97 Å². The molecule has 0 saturated heterocycles. The standard InChI is InChI=1S/C20H17Cl2NO5/c21-12-3-5-14(15(22)9-12)19(25)26-11-18(24)23-13-4-6-16-17(10-13)28-20(27-16)7-1-2-8-20/h3-6,9-10H,1-2,7-8,11H2,(H,23,24). The highest BCUT2D eigenvalue weighted by Gasteiger charge is 2.44. The minimum atomic E-state index is -0.703. The minimum absolute atomic E-state index is 0.142. The van der Waals surface area contributed by atoms with Gasteiger partial charge in [0.2, 0.25) is 0 Å². The lowest BCUT2D eigenvalue weighted by Gasteiger charge is -2.21. The van der Waals surface area contributed by atoms with Crippen molar-refractivity contribution in [1.82, 2.24) is 0 Å². The molecule has 146 valence electrons. The van der Waals surface area contributed by atoms with E-state index < -0.39 is 24.3 Å². The largest absolute Gasteiger partial charge is 0.452 e. The van der Waals surface area contributed by atoms with Crippen molar-refractivity contribution in [3.05, 3.63) is 52.0 Å². The monoisotopic (exact) mass is 421 g/mol. The number of rotatable bonds is 4. The molecule has 0 bridgehead atoms. The first kappa shape index (κ1) is 18.9. The third-order valence-corrected chi connectivity index (χ3v) is 5.22. The van der Waals surface area contributed by atoms with Crippen LogP contribution in [0.5, 0.6) is 11.5 Å². The first-order valence-electron chi connectivity index (χ1n) is 8.88. The van der Waals surface area contributed by atoms with Crippen LogP contribution >= 0.6 is 23.2 Å². The van der Waals surface area contributed by atoms with E-state index in [-0.39, 0.29) is 10.6 Å². The molecule has 0 aromatic heterocycles. The van der Waals surface area contributed by atoms with Crippen LogP contribution < -0.4 is 14.8 Å². The fraction of sp³-hybridized carbons (Fsp3) is 0.300. The van der Waals surface area contributed by atoms with Crippen LogP contribution in [0.3, 0.4) is 0 Å². The molecule has 1 saturated carbocycles. The molecule has 28 heavy (non-hydrogen) atoms. The van der Waals surface area contributed by atoms with Crippen molar-refractivity contribution < 1.29 is 23.8 Å². The van der Waals surface area contributed by atoms with Gasteiger partial charge in [0.25, 0.3) is 11.7 Å². The van der Waals surface area contributed by atoms with Gasteiger partial charge in [0.05, 0.1) is 10.6 Å². The number of amides is 1. The van der Waals surface area contributed by atoms with Gasteiger partial charge in [0, 0.05) is 29.6 Å². The van der Waals surface area contributed by atoms with E-state index in [1.54, 1.807) is 18.2 Å². The second kappa shape index (κ2) is 7.53. The highest BCUT2D eigenvalue weighted by Crippen LogP contribution is 2.47. The average Bonchev–Trinajstić information content (AvgIpc) is 3.25. The predicted molar refractivity (Wildman–Crippen MR) is 104 cm³/mol. The van der Waals surface area contributed by atoms with E-state index in [2.05, 4.69) is 5.32 Å². The van der Waals surface area contributed by atoms with E-state index in [0.29, 0.717) is 22.2 Å². The number of carbonyl (C=O) groups is 2. The van der Waals surface area contributed by atoms with E-state index in [9.17, 15) is 9.59 Å². The number of hydrogen-bond acceptors (Lipinski definition) is 5. The first-order valence-corrected chi connectivity index (χ1v) is 9.64. The summed E-state index contributed by atoms with van der Waals surface area (Å²) < 4.78 is 16.9. The summed E-state index contributed by atoms with van der Waals surface area (Å²) in [4.78, 5) is 24.2. The zero-order chi connectivity index (χ0) is 19.7. The Morgan fingerprint density at radius 3 is 2.54 bits per heavy atom. The number of benzene rings is 2. The lowest BCUT2D eigenvalue weighted by atomic mass is 10.2. The summed E-state index contributed by atoms with van der Waals surface area (Å²) in [5.41, 5.74) is 0.673. The van der Waals surface area contributed by atoms with E-state index >= 15 is 0 Å². The maximum absolute atomic E-state index is 12.1. The number of esters is 1. The molecule has 4 rings (SSSR count). The fourth-order valence-corrected chi connectivity index (χ4v) is 3.84. The predicted octanol–water partition coefficient (Wildman–Crippen LogP) is 4.83. The Morgan fingerprint density at radius 1 is 1.04 bits per heavy atom. The van der Waals surface area contributed by atoms with Gasteiger partial charge in [0.1, 0.15) is 0 Å². The Balaban J connectivity index is 1.34. The molecule has 6 nitrogen and oxygen atoms in total. The number of hydrogen-bond donors (Lipinski definition) is 1. The number of carbonyl (C=O) groups excluding carboxylic acids is 2. The Morgan fingerprint density at radius 2 is 1.79 bits per heavy atom. The van der Waals surface area contributed by atoms with Gasteiger partial charge in [-0.3, -0.25) is 4.79 Å². The summed E-state index contributed by atoms with van der Waals surface area (Å²) >= 11 is 11.8. The van der Waals surface area contributed by atoms with Crippen molar-refractivity contribution in [2.24, 2.45) is 0 Å². The van der Waals surface area contributed by atoms with Gasteiger partial charge in [-0.25, -0.2) is 4.79 Å². The highest BCUT2D eigenvalue weighted by atomic mass is 35.5. The third kappa shape index (κ3) is 3.88. The molecule has 1 amide bonds.